The van der Waals surface area contributed by atoms with E-state index >= 15 is 0 Å². The molecule has 1 rings (SSSR count). The van der Waals surface area contributed by atoms with Gasteiger partial charge < -0.3 is 10.6 Å². The largest absolute Gasteiger partial charge is 0.337 e. The first-order chi connectivity index (χ1) is 8.38. The van der Waals surface area contributed by atoms with E-state index in [2.05, 4.69) is 26.0 Å². The number of nitrogens with zero attached hydrogens (tertiary/aromatic N) is 1. The van der Waals surface area contributed by atoms with E-state index in [1.165, 1.54) is 9.75 Å². The molecule has 1 amide bonds. The normalized spacial score (nSPS) is 16.1. The van der Waals surface area contributed by atoms with Crippen molar-refractivity contribution < 1.29 is 4.79 Å². The number of amides is 1. The summed E-state index contributed by atoms with van der Waals surface area (Å²) in [5, 5.41) is 0. The fourth-order valence-electron chi connectivity index (χ4n) is 1.79. The number of nitrogens with two attached hydrogens (primary N) is 1. The van der Waals surface area contributed by atoms with E-state index in [0.29, 0.717) is 0 Å². The third kappa shape index (κ3) is 3.33. The Morgan fingerprint density at radius 1 is 1.44 bits per heavy atom. The minimum absolute atomic E-state index is 0.0305. The molecule has 3 unspecified atom stereocenters. The van der Waals surface area contributed by atoms with Crippen LogP contribution in [0.1, 0.15) is 43.0 Å². The van der Waals surface area contributed by atoms with E-state index in [0.717, 1.165) is 6.42 Å². The summed E-state index contributed by atoms with van der Waals surface area (Å²) in [5.74, 6) is 0.250. The molecule has 1 aromatic rings. The van der Waals surface area contributed by atoms with E-state index in [1.54, 1.807) is 16.2 Å². The van der Waals surface area contributed by atoms with Gasteiger partial charge >= 0.3 is 0 Å². The Hall–Kier alpha value is -0.870. The molecule has 102 valence electrons. The van der Waals surface area contributed by atoms with Crippen molar-refractivity contribution >= 4 is 17.2 Å². The van der Waals surface area contributed by atoms with E-state index in [1.807, 2.05) is 20.9 Å². The summed E-state index contributed by atoms with van der Waals surface area (Å²) in [6.45, 7) is 8.21. The highest BCUT2D eigenvalue weighted by Gasteiger charge is 2.26. The number of aryl methyl sites for hydroxylation is 1. The van der Waals surface area contributed by atoms with Crippen molar-refractivity contribution in [1.29, 1.82) is 0 Å². The molecule has 18 heavy (non-hydrogen) atoms. The van der Waals surface area contributed by atoms with Crippen LogP contribution in [0.5, 0.6) is 0 Å². The predicted octanol–water partition coefficient (Wildman–Crippen LogP) is 2.95. The zero-order valence-electron chi connectivity index (χ0n) is 11.9. The van der Waals surface area contributed by atoms with Gasteiger partial charge in [-0.3, -0.25) is 4.79 Å². The Bertz CT molecular complexity index is 402. The predicted molar refractivity (Wildman–Crippen MR) is 77.7 cm³/mol. The van der Waals surface area contributed by atoms with Crippen molar-refractivity contribution in [2.24, 2.45) is 11.7 Å². The molecule has 0 aliphatic rings. The number of thiophene rings is 1. The molecule has 0 saturated heterocycles. The van der Waals surface area contributed by atoms with Gasteiger partial charge in [-0.05, 0) is 31.9 Å². The van der Waals surface area contributed by atoms with Crippen molar-refractivity contribution in [1.82, 2.24) is 4.90 Å². The van der Waals surface area contributed by atoms with Crippen LogP contribution in [0.3, 0.4) is 0 Å². The molecule has 3 nitrogen and oxygen atoms in total. The summed E-state index contributed by atoms with van der Waals surface area (Å²) < 4.78 is 0. The van der Waals surface area contributed by atoms with Crippen molar-refractivity contribution in [3.05, 3.63) is 21.9 Å². The van der Waals surface area contributed by atoms with Crippen molar-refractivity contribution in [2.75, 3.05) is 7.05 Å². The standard InChI is InChI=1S/C14H24N2OS/c1-6-9(2)13(15)14(17)16(5)11(4)12-8-7-10(3)18-12/h7-9,11,13H,6,15H2,1-5H3. The first kappa shape index (κ1) is 15.2. The summed E-state index contributed by atoms with van der Waals surface area (Å²) >= 11 is 1.73. The molecule has 0 saturated carbocycles. The number of carbonyl (C=O) groups excluding carboxylic acids is 1. The van der Waals surface area contributed by atoms with Crippen LogP contribution in [-0.2, 0) is 4.79 Å². The molecule has 0 spiro atoms. The lowest BCUT2D eigenvalue weighted by Gasteiger charge is -2.29. The van der Waals surface area contributed by atoms with Gasteiger partial charge in [-0.1, -0.05) is 20.3 Å². The lowest BCUT2D eigenvalue weighted by atomic mass is 9.98. The van der Waals surface area contributed by atoms with E-state index in [4.69, 9.17) is 5.73 Å². The van der Waals surface area contributed by atoms with Gasteiger partial charge in [0.2, 0.25) is 5.91 Å². The second-order valence-electron chi connectivity index (χ2n) is 4.98. The van der Waals surface area contributed by atoms with Crippen LogP contribution in [0, 0.1) is 12.8 Å². The van der Waals surface area contributed by atoms with E-state index in [-0.39, 0.29) is 17.9 Å². The molecule has 0 fully saturated rings. The van der Waals surface area contributed by atoms with Crippen LogP contribution in [0.15, 0.2) is 12.1 Å². The lowest BCUT2D eigenvalue weighted by Crippen LogP contribution is -2.46. The summed E-state index contributed by atoms with van der Waals surface area (Å²) in [6, 6.07) is 3.86. The van der Waals surface area contributed by atoms with Gasteiger partial charge in [0.1, 0.15) is 0 Å². The molecular weight excluding hydrogens is 244 g/mol. The summed E-state index contributed by atoms with van der Waals surface area (Å²) in [4.78, 5) is 16.5. The Labute approximate surface area is 114 Å². The highest BCUT2D eigenvalue weighted by Crippen LogP contribution is 2.27. The maximum absolute atomic E-state index is 12.3. The van der Waals surface area contributed by atoms with Gasteiger partial charge in [0.25, 0.3) is 0 Å². The van der Waals surface area contributed by atoms with Gasteiger partial charge in [0.05, 0.1) is 12.1 Å². The molecule has 4 heteroatoms. The summed E-state index contributed by atoms with van der Waals surface area (Å²) in [6.07, 6.45) is 0.924. The average Bonchev–Trinajstić information content (AvgIpc) is 2.80. The average molecular weight is 268 g/mol. The molecule has 1 aromatic heterocycles. The van der Waals surface area contributed by atoms with E-state index < -0.39 is 6.04 Å². The summed E-state index contributed by atoms with van der Waals surface area (Å²) in [7, 11) is 1.84. The van der Waals surface area contributed by atoms with Crippen LogP contribution in [-0.4, -0.2) is 23.9 Å². The molecule has 0 aliphatic carbocycles. The molecular formula is C14H24N2OS. The Balaban J connectivity index is 2.74. The van der Waals surface area contributed by atoms with Gasteiger partial charge in [-0.2, -0.15) is 0 Å². The number of carbonyl (C=O) groups is 1. The first-order valence-electron chi connectivity index (χ1n) is 6.47. The molecule has 0 bridgehead atoms. The second-order valence-corrected chi connectivity index (χ2v) is 6.30. The highest BCUT2D eigenvalue weighted by molar-refractivity contribution is 7.12. The third-order valence-electron chi connectivity index (χ3n) is 3.64. The second kappa shape index (κ2) is 6.34. The van der Waals surface area contributed by atoms with Gasteiger partial charge in [-0.15, -0.1) is 11.3 Å². The fourth-order valence-corrected chi connectivity index (χ4v) is 2.76. The molecule has 0 aliphatic heterocycles. The zero-order chi connectivity index (χ0) is 13.9. The van der Waals surface area contributed by atoms with Crippen LogP contribution in [0.4, 0.5) is 0 Å². The van der Waals surface area contributed by atoms with Crippen LogP contribution >= 0.6 is 11.3 Å². The molecule has 1 heterocycles. The smallest absolute Gasteiger partial charge is 0.240 e. The van der Waals surface area contributed by atoms with Crippen molar-refractivity contribution in [2.45, 2.75) is 46.2 Å². The van der Waals surface area contributed by atoms with Crippen LogP contribution in [0.2, 0.25) is 0 Å². The van der Waals surface area contributed by atoms with Gasteiger partial charge in [0, 0.05) is 16.8 Å². The minimum atomic E-state index is -0.400. The Kier molecular flexibility index (Phi) is 5.35. The number of hydrogen-bond acceptors (Lipinski definition) is 3. The maximum Gasteiger partial charge on any atom is 0.240 e. The first-order valence-corrected chi connectivity index (χ1v) is 7.28. The highest BCUT2D eigenvalue weighted by atomic mass is 32.1. The number of likely N-dealkylation sites (N-methyl/N-ethyl adjacent to an activating group) is 1. The SMILES string of the molecule is CCC(C)C(N)C(=O)N(C)C(C)c1ccc(C)s1. The number of hydrogen-bond donors (Lipinski definition) is 1. The Morgan fingerprint density at radius 3 is 2.50 bits per heavy atom. The Morgan fingerprint density at radius 2 is 2.06 bits per heavy atom. The molecule has 0 aromatic carbocycles. The van der Waals surface area contributed by atoms with E-state index in [9.17, 15) is 4.79 Å². The quantitative estimate of drug-likeness (QED) is 0.892. The van der Waals surface area contributed by atoms with Gasteiger partial charge in [0.15, 0.2) is 0 Å². The lowest BCUT2D eigenvalue weighted by molar-refractivity contribution is -0.134. The molecule has 2 N–H and O–H groups in total. The van der Waals surface area contributed by atoms with Gasteiger partial charge in [-0.25, -0.2) is 0 Å². The maximum atomic E-state index is 12.3. The van der Waals surface area contributed by atoms with Crippen molar-refractivity contribution in [3.63, 3.8) is 0 Å². The molecule has 0 radical (unpaired) electrons. The third-order valence-corrected chi connectivity index (χ3v) is 4.81. The fraction of sp³-hybridized carbons (Fsp3) is 0.643. The molecule has 3 atom stereocenters. The zero-order valence-corrected chi connectivity index (χ0v) is 12.8. The number of rotatable bonds is 5. The topological polar surface area (TPSA) is 46.3 Å². The summed E-state index contributed by atoms with van der Waals surface area (Å²) in [5.41, 5.74) is 6.01. The minimum Gasteiger partial charge on any atom is -0.337 e. The van der Waals surface area contributed by atoms with Crippen LogP contribution < -0.4 is 5.73 Å². The monoisotopic (exact) mass is 268 g/mol. The van der Waals surface area contributed by atoms with Crippen molar-refractivity contribution in [3.8, 4) is 0 Å². The van der Waals surface area contributed by atoms with Crippen LogP contribution in [0.25, 0.3) is 0 Å².